The predicted octanol–water partition coefficient (Wildman–Crippen LogP) is 1.43. The van der Waals surface area contributed by atoms with Crippen molar-refractivity contribution in [2.75, 3.05) is 26.2 Å². The number of nitrogens with zero attached hydrogens (tertiary/aromatic N) is 3. The lowest BCUT2D eigenvalue weighted by molar-refractivity contribution is 0.159. The highest BCUT2D eigenvalue weighted by atomic mass is 32.2. The van der Waals surface area contributed by atoms with Crippen molar-refractivity contribution in [1.82, 2.24) is 9.21 Å². The predicted molar refractivity (Wildman–Crippen MR) is 76.4 cm³/mol. The minimum absolute atomic E-state index is 0.102. The van der Waals surface area contributed by atoms with Crippen LogP contribution in [0.1, 0.15) is 13.3 Å². The van der Waals surface area contributed by atoms with E-state index in [1.54, 1.807) is 0 Å². The van der Waals surface area contributed by atoms with Crippen LogP contribution in [0, 0.1) is 17.1 Å². The van der Waals surface area contributed by atoms with Crippen molar-refractivity contribution < 1.29 is 12.8 Å². The van der Waals surface area contributed by atoms with Crippen molar-refractivity contribution in [1.29, 1.82) is 5.26 Å². The van der Waals surface area contributed by atoms with Crippen LogP contribution in [-0.2, 0) is 10.0 Å². The van der Waals surface area contributed by atoms with Crippen molar-refractivity contribution in [3.8, 4) is 6.07 Å². The van der Waals surface area contributed by atoms with E-state index >= 15 is 0 Å². The van der Waals surface area contributed by atoms with Crippen molar-refractivity contribution in [2.45, 2.75) is 24.3 Å². The van der Waals surface area contributed by atoms with Gasteiger partial charge in [-0.3, -0.25) is 4.90 Å². The van der Waals surface area contributed by atoms with Crippen LogP contribution in [0.25, 0.3) is 0 Å². The van der Waals surface area contributed by atoms with Gasteiger partial charge in [0.05, 0.1) is 17.0 Å². The van der Waals surface area contributed by atoms with E-state index < -0.39 is 15.8 Å². The molecule has 1 aliphatic heterocycles. The molecule has 1 atom stereocenters. The van der Waals surface area contributed by atoms with E-state index in [1.165, 1.54) is 16.4 Å². The number of hydrogen-bond donors (Lipinski definition) is 0. The highest BCUT2D eigenvalue weighted by Crippen LogP contribution is 2.19. The molecule has 0 aromatic heterocycles. The quantitative estimate of drug-likeness (QED) is 0.844. The van der Waals surface area contributed by atoms with Crippen LogP contribution in [0.2, 0.25) is 0 Å². The first kappa shape index (κ1) is 15.9. The van der Waals surface area contributed by atoms with Gasteiger partial charge in [0, 0.05) is 26.2 Å². The van der Waals surface area contributed by atoms with E-state index in [-0.39, 0.29) is 10.9 Å². The van der Waals surface area contributed by atoms with Crippen molar-refractivity contribution >= 4 is 10.0 Å². The third kappa shape index (κ3) is 3.40. The molecule has 114 valence electrons. The molecular weight excluding hydrogens is 293 g/mol. The third-order valence-electron chi connectivity index (χ3n) is 3.70. The van der Waals surface area contributed by atoms with Gasteiger partial charge in [-0.15, -0.1) is 0 Å². The van der Waals surface area contributed by atoms with Gasteiger partial charge in [-0.25, -0.2) is 12.8 Å². The Morgan fingerprint density at radius 1 is 1.24 bits per heavy atom. The Balaban J connectivity index is 2.08. The average Bonchev–Trinajstić information content (AvgIpc) is 2.49. The number of benzene rings is 1. The van der Waals surface area contributed by atoms with Crippen LogP contribution in [0.15, 0.2) is 29.2 Å². The number of piperazine rings is 1. The van der Waals surface area contributed by atoms with Crippen LogP contribution in [0.5, 0.6) is 0 Å². The fourth-order valence-electron chi connectivity index (χ4n) is 2.44. The maximum absolute atomic E-state index is 12.9. The normalized spacial score (nSPS) is 19.1. The Kier molecular flexibility index (Phi) is 4.93. The summed E-state index contributed by atoms with van der Waals surface area (Å²) >= 11 is 0. The Hall–Kier alpha value is -1.49. The largest absolute Gasteiger partial charge is 0.285 e. The van der Waals surface area contributed by atoms with Crippen LogP contribution in [-0.4, -0.2) is 49.8 Å². The zero-order chi connectivity index (χ0) is 15.5. The Morgan fingerprint density at radius 3 is 2.29 bits per heavy atom. The molecule has 1 aromatic rings. The highest BCUT2D eigenvalue weighted by Gasteiger charge is 2.30. The number of rotatable bonds is 4. The average molecular weight is 311 g/mol. The number of halogens is 1. The lowest BCUT2D eigenvalue weighted by Crippen LogP contribution is -2.51. The summed E-state index contributed by atoms with van der Waals surface area (Å²) in [6.07, 6.45) is 0.723. The van der Waals surface area contributed by atoms with E-state index in [2.05, 4.69) is 6.07 Å². The smallest absolute Gasteiger partial charge is 0.243 e. The summed E-state index contributed by atoms with van der Waals surface area (Å²) in [6, 6.07) is 6.91. The van der Waals surface area contributed by atoms with Gasteiger partial charge in [0.1, 0.15) is 5.82 Å². The van der Waals surface area contributed by atoms with Crippen LogP contribution in [0.3, 0.4) is 0 Å². The van der Waals surface area contributed by atoms with Gasteiger partial charge in [-0.05, 0) is 30.7 Å². The van der Waals surface area contributed by atoms with Gasteiger partial charge in [-0.1, -0.05) is 6.92 Å². The molecule has 21 heavy (non-hydrogen) atoms. The van der Waals surface area contributed by atoms with E-state index in [0.29, 0.717) is 26.2 Å². The van der Waals surface area contributed by atoms with Crippen LogP contribution in [0.4, 0.5) is 4.39 Å². The zero-order valence-corrected chi connectivity index (χ0v) is 12.7. The van der Waals surface area contributed by atoms with Crippen LogP contribution < -0.4 is 0 Å². The first-order chi connectivity index (χ1) is 9.98. The molecule has 1 aliphatic rings. The van der Waals surface area contributed by atoms with Gasteiger partial charge in [0.25, 0.3) is 0 Å². The summed E-state index contributed by atoms with van der Waals surface area (Å²) in [5, 5.41) is 9.05. The summed E-state index contributed by atoms with van der Waals surface area (Å²) < 4.78 is 39.1. The van der Waals surface area contributed by atoms with Gasteiger partial charge < -0.3 is 0 Å². The van der Waals surface area contributed by atoms with Gasteiger partial charge in [-0.2, -0.15) is 9.57 Å². The third-order valence-corrected chi connectivity index (χ3v) is 5.61. The summed E-state index contributed by atoms with van der Waals surface area (Å²) in [5.41, 5.74) is 0. The van der Waals surface area contributed by atoms with E-state index in [0.717, 1.165) is 18.6 Å². The number of nitriles is 1. The molecule has 1 saturated heterocycles. The molecule has 0 bridgehead atoms. The molecule has 1 heterocycles. The molecule has 0 spiro atoms. The maximum Gasteiger partial charge on any atom is 0.243 e. The van der Waals surface area contributed by atoms with E-state index in [4.69, 9.17) is 5.26 Å². The molecule has 1 fully saturated rings. The maximum atomic E-state index is 12.9. The van der Waals surface area contributed by atoms with Crippen molar-refractivity contribution in [3.05, 3.63) is 30.1 Å². The molecule has 7 heteroatoms. The second kappa shape index (κ2) is 6.52. The Labute approximate surface area is 124 Å². The fraction of sp³-hybridized carbons (Fsp3) is 0.500. The Bertz CT molecular complexity index is 617. The second-order valence-electron chi connectivity index (χ2n) is 4.95. The molecular formula is C14H18FN3O2S. The van der Waals surface area contributed by atoms with Gasteiger partial charge in [0.15, 0.2) is 0 Å². The number of hydrogen-bond acceptors (Lipinski definition) is 4. The first-order valence-electron chi connectivity index (χ1n) is 6.88. The summed E-state index contributed by atoms with van der Waals surface area (Å²) in [4.78, 5) is 2.10. The molecule has 2 rings (SSSR count). The lowest BCUT2D eigenvalue weighted by atomic mass is 10.2. The van der Waals surface area contributed by atoms with Crippen molar-refractivity contribution in [2.24, 2.45) is 0 Å². The standard InChI is InChI=1S/C14H18FN3O2S/c1-2-13(11-16)17-7-9-18(10-8-17)21(19,20)14-5-3-12(15)4-6-14/h3-6,13H,2,7-10H2,1H3. The van der Waals surface area contributed by atoms with E-state index in [9.17, 15) is 12.8 Å². The minimum atomic E-state index is -3.58. The summed E-state index contributed by atoms with van der Waals surface area (Å²) in [6.45, 7) is 3.70. The summed E-state index contributed by atoms with van der Waals surface area (Å²) in [5.74, 6) is -0.460. The number of sulfonamides is 1. The van der Waals surface area contributed by atoms with Crippen LogP contribution >= 0.6 is 0 Å². The molecule has 5 nitrogen and oxygen atoms in total. The monoisotopic (exact) mass is 311 g/mol. The highest BCUT2D eigenvalue weighted by molar-refractivity contribution is 7.89. The molecule has 0 saturated carbocycles. The Morgan fingerprint density at radius 2 is 1.81 bits per heavy atom. The minimum Gasteiger partial charge on any atom is -0.285 e. The fourth-order valence-corrected chi connectivity index (χ4v) is 3.86. The molecule has 0 amide bonds. The SMILES string of the molecule is CCC(C#N)N1CCN(S(=O)(=O)c2ccc(F)cc2)CC1. The van der Waals surface area contributed by atoms with Gasteiger partial charge in [0.2, 0.25) is 10.0 Å². The lowest BCUT2D eigenvalue weighted by Gasteiger charge is -2.35. The second-order valence-corrected chi connectivity index (χ2v) is 6.89. The first-order valence-corrected chi connectivity index (χ1v) is 8.32. The summed E-state index contributed by atoms with van der Waals surface area (Å²) in [7, 11) is -3.58. The molecule has 0 N–H and O–H groups in total. The van der Waals surface area contributed by atoms with E-state index in [1.807, 2.05) is 11.8 Å². The zero-order valence-electron chi connectivity index (χ0n) is 11.9. The van der Waals surface area contributed by atoms with Crippen molar-refractivity contribution in [3.63, 3.8) is 0 Å². The molecule has 1 unspecified atom stereocenters. The molecule has 0 aliphatic carbocycles. The molecule has 1 aromatic carbocycles. The van der Waals surface area contributed by atoms with Gasteiger partial charge >= 0.3 is 0 Å². The molecule has 0 radical (unpaired) electrons. The topological polar surface area (TPSA) is 64.4 Å².